The second kappa shape index (κ2) is 7.58. The van der Waals surface area contributed by atoms with Crippen molar-refractivity contribution in [1.29, 1.82) is 0 Å². The molecule has 0 aliphatic heterocycles. The number of primary amides is 1. The van der Waals surface area contributed by atoms with Crippen LogP contribution in [0.5, 0.6) is 0 Å². The Morgan fingerprint density at radius 2 is 2.37 bits per heavy atom. The topological polar surface area (TPSA) is 104 Å². The number of carbonyl (C=O) groups excluding carboxylic acids is 1. The molecule has 0 aliphatic rings. The molecule has 8 heteroatoms. The molecule has 0 spiro atoms. The van der Waals surface area contributed by atoms with Crippen LogP contribution in [0.4, 0.5) is 4.39 Å². The summed E-state index contributed by atoms with van der Waals surface area (Å²) in [6.45, 7) is 0.729. The van der Waals surface area contributed by atoms with Crippen molar-refractivity contribution in [1.82, 2.24) is 5.32 Å². The van der Waals surface area contributed by atoms with Crippen molar-refractivity contribution in [2.24, 2.45) is 10.8 Å². The van der Waals surface area contributed by atoms with E-state index in [4.69, 9.17) is 22.9 Å². The highest BCUT2D eigenvalue weighted by atomic mass is 35.5. The minimum absolute atomic E-state index is 0.131. The molecule has 6 nitrogen and oxygen atoms in total. The van der Waals surface area contributed by atoms with Gasteiger partial charge in [-0.15, -0.1) is 0 Å². The summed E-state index contributed by atoms with van der Waals surface area (Å²) in [6, 6.07) is 2.93. The van der Waals surface area contributed by atoms with E-state index in [0.717, 1.165) is 6.07 Å². The highest BCUT2D eigenvalue weighted by Gasteiger charge is 2.19. The summed E-state index contributed by atoms with van der Waals surface area (Å²) in [4.78, 5) is 14.0. The van der Waals surface area contributed by atoms with E-state index in [-0.39, 0.29) is 5.02 Å². The Bertz CT molecular complexity index is 504. The van der Waals surface area contributed by atoms with E-state index < -0.39 is 17.8 Å². The van der Waals surface area contributed by atoms with E-state index in [1.165, 1.54) is 12.1 Å². The molecule has 0 heterocycles. The molecule has 1 amide bonds. The number of nitrogens with one attached hydrogen (secondary N) is 1. The molecule has 0 saturated carbocycles. The quantitative estimate of drug-likeness (QED) is 0.347. The summed E-state index contributed by atoms with van der Waals surface area (Å²) in [5, 5.41) is 6.38. The van der Waals surface area contributed by atoms with Crippen LogP contribution in [0.2, 0.25) is 5.02 Å². The average Bonchev–Trinajstić information content (AvgIpc) is 2.35. The average molecular weight is 286 g/mol. The maximum absolute atomic E-state index is 12.9. The number of nitrogens with zero attached hydrogens (tertiary/aromatic N) is 3. The lowest BCUT2D eigenvalue weighted by atomic mass is 10.1. The van der Waals surface area contributed by atoms with Crippen molar-refractivity contribution in [2.45, 2.75) is 12.5 Å². The minimum Gasteiger partial charge on any atom is -0.368 e. The van der Waals surface area contributed by atoms with Gasteiger partial charge < -0.3 is 11.1 Å². The number of rotatable bonds is 7. The van der Waals surface area contributed by atoms with Gasteiger partial charge in [-0.3, -0.25) is 4.79 Å². The summed E-state index contributed by atoms with van der Waals surface area (Å²) in [6.07, 6.45) is 0.548. The number of amides is 1. The highest BCUT2D eigenvalue weighted by molar-refractivity contribution is 6.31. The molecule has 0 saturated heterocycles. The maximum Gasteiger partial charge on any atom is 0.239 e. The Balaban J connectivity index is 2.71. The molecule has 1 aromatic rings. The fourth-order valence-corrected chi connectivity index (χ4v) is 1.82. The molecule has 102 valence electrons. The van der Waals surface area contributed by atoms with E-state index in [1.807, 2.05) is 0 Å². The van der Waals surface area contributed by atoms with Gasteiger partial charge in [0, 0.05) is 16.5 Å². The van der Waals surface area contributed by atoms with Gasteiger partial charge in [0.25, 0.3) is 0 Å². The number of hydrogen-bond donors (Lipinski definition) is 2. The Kier molecular flexibility index (Phi) is 6.08. The first-order valence-corrected chi connectivity index (χ1v) is 5.92. The van der Waals surface area contributed by atoms with E-state index in [0.29, 0.717) is 25.1 Å². The molecule has 19 heavy (non-hydrogen) atoms. The number of hydrogen-bond acceptors (Lipinski definition) is 3. The van der Waals surface area contributed by atoms with Gasteiger partial charge in [-0.25, -0.2) is 4.39 Å². The molecule has 0 fully saturated rings. The SMILES string of the molecule is [N-]=[N+]=NCCCNC(C(N)=O)c1ccc(F)cc1Cl. The largest absolute Gasteiger partial charge is 0.368 e. The molecule has 1 aromatic carbocycles. The van der Waals surface area contributed by atoms with Gasteiger partial charge in [-0.05, 0) is 36.2 Å². The number of carbonyl (C=O) groups is 1. The highest BCUT2D eigenvalue weighted by Crippen LogP contribution is 2.23. The van der Waals surface area contributed by atoms with Gasteiger partial charge in [0.15, 0.2) is 0 Å². The van der Waals surface area contributed by atoms with Crippen molar-refractivity contribution in [2.75, 3.05) is 13.1 Å². The predicted octanol–water partition coefficient (Wildman–Crippen LogP) is 2.30. The van der Waals surface area contributed by atoms with Crippen molar-refractivity contribution >= 4 is 17.5 Å². The van der Waals surface area contributed by atoms with Gasteiger partial charge >= 0.3 is 0 Å². The summed E-state index contributed by atoms with van der Waals surface area (Å²) < 4.78 is 12.9. The molecule has 0 aromatic heterocycles. The fourth-order valence-electron chi connectivity index (χ4n) is 1.54. The summed E-state index contributed by atoms with van der Waals surface area (Å²) in [5.74, 6) is -1.10. The molecule has 0 bridgehead atoms. The zero-order chi connectivity index (χ0) is 14.3. The van der Waals surface area contributed by atoms with Gasteiger partial charge in [-0.1, -0.05) is 22.8 Å². The Morgan fingerprint density at radius 1 is 1.63 bits per heavy atom. The maximum atomic E-state index is 12.9. The van der Waals surface area contributed by atoms with Crippen molar-refractivity contribution in [3.63, 3.8) is 0 Å². The molecule has 0 aliphatic carbocycles. The normalized spacial score (nSPS) is 11.7. The Morgan fingerprint density at radius 3 is 2.95 bits per heavy atom. The molecular formula is C11H13ClFN5O. The molecule has 1 unspecified atom stereocenters. The first-order chi connectivity index (χ1) is 9.06. The van der Waals surface area contributed by atoms with Crippen molar-refractivity contribution < 1.29 is 9.18 Å². The number of benzene rings is 1. The predicted molar refractivity (Wildman–Crippen MR) is 70.0 cm³/mol. The third-order valence-electron chi connectivity index (χ3n) is 2.40. The molecular weight excluding hydrogens is 273 g/mol. The van der Waals surface area contributed by atoms with Crippen LogP contribution in [0.1, 0.15) is 18.0 Å². The summed E-state index contributed by atoms with van der Waals surface area (Å²) in [7, 11) is 0. The molecule has 0 radical (unpaired) electrons. The lowest BCUT2D eigenvalue weighted by Gasteiger charge is -2.16. The first-order valence-electron chi connectivity index (χ1n) is 5.54. The van der Waals surface area contributed by atoms with Crippen LogP contribution in [-0.4, -0.2) is 19.0 Å². The van der Waals surface area contributed by atoms with Crippen LogP contribution < -0.4 is 11.1 Å². The third kappa shape index (κ3) is 4.75. The second-order valence-electron chi connectivity index (χ2n) is 3.76. The van der Waals surface area contributed by atoms with E-state index in [1.54, 1.807) is 0 Å². The number of azide groups is 1. The standard InChI is InChI=1S/C11H13ClFN5O/c12-9-6-7(13)2-3-8(9)10(11(14)19)16-4-1-5-17-18-15/h2-3,6,10,16H,1,4-5H2,(H2,14,19). The van der Waals surface area contributed by atoms with E-state index in [2.05, 4.69) is 15.3 Å². The van der Waals surface area contributed by atoms with Gasteiger partial charge in [0.2, 0.25) is 5.91 Å². The third-order valence-corrected chi connectivity index (χ3v) is 2.73. The number of halogens is 2. The van der Waals surface area contributed by atoms with Crippen LogP contribution in [0.25, 0.3) is 10.4 Å². The van der Waals surface area contributed by atoms with Crippen molar-refractivity contribution in [3.8, 4) is 0 Å². The molecule has 3 N–H and O–H groups in total. The fraction of sp³-hybridized carbons (Fsp3) is 0.364. The monoisotopic (exact) mass is 285 g/mol. The van der Waals surface area contributed by atoms with Gasteiger partial charge in [-0.2, -0.15) is 0 Å². The minimum atomic E-state index is -0.806. The summed E-state index contributed by atoms with van der Waals surface area (Å²) in [5.41, 5.74) is 13.8. The number of nitrogens with two attached hydrogens (primary N) is 1. The van der Waals surface area contributed by atoms with Crippen LogP contribution in [0.15, 0.2) is 23.3 Å². The van der Waals surface area contributed by atoms with Crippen LogP contribution in [-0.2, 0) is 4.79 Å². The Labute approximate surface area is 114 Å². The van der Waals surface area contributed by atoms with E-state index in [9.17, 15) is 9.18 Å². The molecule has 1 atom stereocenters. The molecule has 1 rings (SSSR count). The van der Waals surface area contributed by atoms with Crippen molar-refractivity contribution in [3.05, 3.63) is 45.0 Å². The van der Waals surface area contributed by atoms with Crippen LogP contribution in [0.3, 0.4) is 0 Å². The smallest absolute Gasteiger partial charge is 0.239 e. The van der Waals surface area contributed by atoms with Crippen LogP contribution in [0, 0.1) is 5.82 Å². The zero-order valence-corrected chi connectivity index (χ0v) is 10.8. The van der Waals surface area contributed by atoms with Gasteiger partial charge in [0.05, 0.1) is 0 Å². The first kappa shape index (κ1) is 15.2. The lowest BCUT2D eigenvalue weighted by Crippen LogP contribution is -2.34. The lowest BCUT2D eigenvalue weighted by molar-refractivity contribution is -0.120. The van der Waals surface area contributed by atoms with Gasteiger partial charge in [0.1, 0.15) is 11.9 Å². The Hall–Kier alpha value is -1.82. The zero-order valence-electron chi connectivity index (χ0n) is 10.0. The van der Waals surface area contributed by atoms with E-state index >= 15 is 0 Å². The second-order valence-corrected chi connectivity index (χ2v) is 4.17. The summed E-state index contributed by atoms with van der Waals surface area (Å²) >= 11 is 5.88. The van der Waals surface area contributed by atoms with Crippen LogP contribution >= 0.6 is 11.6 Å².